The SMILES string of the molecule is CC(C/C=C/C=C/C=C/C=C/C(C[C@@H]1OCC[C@H](O)C1NC(=O)N1CCN(c2ccccc2)CC1)OC1OCC(O)C[C@@H]1O)OC(=O)/C=C/[C@H]1OC1CC(O)CCO. The molecule has 11 atom stereocenters. The fourth-order valence-corrected chi connectivity index (χ4v) is 7.10. The number of nitrogens with one attached hydrogen (secondary N) is 1. The summed E-state index contributed by atoms with van der Waals surface area (Å²) < 4.78 is 28.7. The topological polar surface area (TPSA) is 203 Å². The number of carbonyl (C=O) groups excluding carboxylic acids is 2. The average molecular weight is 812 g/mol. The molecule has 320 valence electrons. The highest BCUT2D eigenvalue weighted by Gasteiger charge is 2.39. The number of nitrogens with zero attached hydrogens (tertiary/aromatic N) is 2. The zero-order valence-corrected chi connectivity index (χ0v) is 33.2. The van der Waals surface area contributed by atoms with Gasteiger partial charge in [0.1, 0.15) is 18.3 Å². The van der Waals surface area contributed by atoms with Crippen LogP contribution in [0.25, 0.3) is 0 Å². The number of carbonyl (C=O) groups is 2. The van der Waals surface area contributed by atoms with Crippen LogP contribution in [0.4, 0.5) is 10.5 Å². The van der Waals surface area contributed by atoms with Crippen molar-refractivity contribution in [3.8, 4) is 0 Å². The molecule has 0 saturated carbocycles. The van der Waals surface area contributed by atoms with Gasteiger partial charge in [-0.2, -0.15) is 0 Å². The van der Waals surface area contributed by atoms with Crippen LogP contribution in [0.1, 0.15) is 45.4 Å². The highest BCUT2D eigenvalue weighted by Crippen LogP contribution is 2.29. The number of allylic oxidation sites excluding steroid dienone is 6. The first kappa shape index (κ1) is 45.2. The number of amides is 2. The third-order valence-electron chi connectivity index (χ3n) is 10.4. The van der Waals surface area contributed by atoms with Crippen LogP contribution >= 0.6 is 0 Å². The number of ether oxygens (including phenoxy) is 5. The Morgan fingerprint density at radius 1 is 0.948 bits per heavy atom. The fourth-order valence-electron chi connectivity index (χ4n) is 7.10. The second-order valence-electron chi connectivity index (χ2n) is 15.1. The average Bonchev–Trinajstić information content (AvgIpc) is 3.96. The summed E-state index contributed by atoms with van der Waals surface area (Å²) in [7, 11) is 0. The number of urea groups is 1. The highest BCUT2D eigenvalue weighted by molar-refractivity contribution is 5.82. The third kappa shape index (κ3) is 15.0. The molecule has 7 unspecified atom stereocenters. The van der Waals surface area contributed by atoms with Crippen molar-refractivity contribution >= 4 is 17.7 Å². The smallest absolute Gasteiger partial charge is 0.330 e. The Balaban J connectivity index is 1.09. The zero-order chi connectivity index (χ0) is 41.3. The van der Waals surface area contributed by atoms with Crippen LogP contribution in [-0.4, -0.2) is 156 Å². The number of hydrogen-bond acceptors (Lipinski definition) is 13. The Bertz CT molecular complexity index is 1550. The molecule has 0 spiro atoms. The van der Waals surface area contributed by atoms with Crippen LogP contribution in [0.15, 0.2) is 91.1 Å². The van der Waals surface area contributed by atoms with Gasteiger partial charge in [-0.1, -0.05) is 66.8 Å². The number of anilines is 1. The van der Waals surface area contributed by atoms with Crippen molar-refractivity contribution < 1.29 is 58.8 Å². The van der Waals surface area contributed by atoms with Gasteiger partial charge in [-0.05, 0) is 38.0 Å². The van der Waals surface area contributed by atoms with E-state index in [9.17, 15) is 30.0 Å². The number of esters is 1. The van der Waals surface area contributed by atoms with Crippen molar-refractivity contribution in [2.24, 2.45) is 0 Å². The predicted molar refractivity (Wildman–Crippen MR) is 216 cm³/mol. The number of rotatable bonds is 19. The summed E-state index contributed by atoms with van der Waals surface area (Å²) in [5.41, 5.74) is 1.11. The summed E-state index contributed by atoms with van der Waals surface area (Å²) in [5.74, 6) is -0.472. The normalized spacial score (nSPS) is 29.8. The molecule has 58 heavy (non-hydrogen) atoms. The molecule has 0 radical (unpaired) electrons. The van der Waals surface area contributed by atoms with E-state index in [1.807, 2.05) is 54.7 Å². The maximum atomic E-state index is 13.4. The Morgan fingerprint density at radius 3 is 2.43 bits per heavy atom. The number of piperazine rings is 1. The van der Waals surface area contributed by atoms with Crippen molar-refractivity contribution in [1.82, 2.24) is 10.2 Å². The Morgan fingerprint density at radius 2 is 1.69 bits per heavy atom. The quantitative estimate of drug-likeness (QED) is 0.0515. The maximum absolute atomic E-state index is 13.4. The molecule has 0 aliphatic carbocycles. The van der Waals surface area contributed by atoms with E-state index in [-0.39, 0.29) is 50.4 Å². The van der Waals surface area contributed by atoms with E-state index in [1.54, 1.807) is 30.1 Å². The number of epoxide rings is 1. The second-order valence-corrected chi connectivity index (χ2v) is 15.1. The second kappa shape index (κ2) is 23.6. The molecule has 4 heterocycles. The van der Waals surface area contributed by atoms with Gasteiger partial charge in [-0.15, -0.1) is 0 Å². The number of para-hydroxylation sites is 1. The van der Waals surface area contributed by atoms with Gasteiger partial charge in [0.05, 0.1) is 49.3 Å². The Kier molecular flexibility index (Phi) is 18.4. The van der Waals surface area contributed by atoms with Crippen molar-refractivity contribution in [3.63, 3.8) is 0 Å². The van der Waals surface area contributed by atoms with E-state index >= 15 is 0 Å². The molecular formula is C43H61N3O12. The number of aliphatic hydroxyl groups is 5. The maximum Gasteiger partial charge on any atom is 0.330 e. The van der Waals surface area contributed by atoms with Crippen LogP contribution in [0, 0.1) is 0 Å². The fraction of sp³-hybridized carbons (Fsp3) is 0.581. The molecule has 4 fully saturated rings. The van der Waals surface area contributed by atoms with Gasteiger partial charge in [-0.3, -0.25) is 0 Å². The van der Waals surface area contributed by atoms with Crippen molar-refractivity contribution in [2.45, 2.75) is 113 Å². The van der Waals surface area contributed by atoms with E-state index in [0.29, 0.717) is 58.5 Å². The van der Waals surface area contributed by atoms with Gasteiger partial charge in [-0.25, -0.2) is 9.59 Å². The van der Waals surface area contributed by atoms with E-state index in [0.717, 1.165) is 5.69 Å². The largest absolute Gasteiger partial charge is 0.459 e. The minimum atomic E-state index is -1.04. The number of benzene rings is 1. The minimum Gasteiger partial charge on any atom is -0.459 e. The third-order valence-corrected chi connectivity index (χ3v) is 10.4. The minimum absolute atomic E-state index is 0.0272. The molecule has 0 bridgehead atoms. The van der Waals surface area contributed by atoms with Crippen molar-refractivity contribution in [1.29, 1.82) is 0 Å². The van der Waals surface area contributed by atoms with Gasteiger partial charge in [0.15, 0.2) is 6.29 Å². The van der Waals surface area contributed by atoms with Crippen molar-refractivity contribution in [2.75, 3.05) is 50.9 Å². The van der Waals surface area contributed by atoms with Crippen molar-refractivity contribution in [3.05, 3.63) is 91.1 Å². The van der Waals surface area contributed by atoms with E-state index in [1.165, 1.54) is 6.08 Å². The van der Waals surface area contributed by atoms with Gasteiger partial charge in [0.2, 0.25) is 0 Å². The summed E-state index contributed by atoms with van der Waals surface area (Å²) in [6.07, 6.45) is 13.3. The van der Waals surface area contributed by atoms with Gasteiger partial charge >= 0.3 is 12.0 Å². The lowest BCUT2D eigenvalue weighted by atomic mass is 9.94. The van der Waals surface area contributed by atoms with Crippen LogP contribution in [0.2, 0.25) is 0 Å². The molecule has 0 aromatic heterocycles. The summed E-state index contributed by atoms with van der Waals surface area (Å²) in [4.78, 5) is 29.6. The first-order chi connectivity index (χ1) is 28.1. The number of hydrogen-bond donors (Lipinski definition) is 6. The molecule has 5 rings (SSSR count). The summed E-state index contributed by atoms with van der Waals surface area (Å²) in [5, 5.41) is 53.2. The predicted octanol–water partition coefficient (Wildman–Crippen LogP) is 2.28. The van der Waals surface area contributed by atoms with Crippen LogP contribution in [-0.2, 0) is 28.5 Å². The molecule has 1 aromatic rings. The summed E-state index contributed by atoms with van der Waals surface area (Å²) >= 11 is 0. The highest BCUT2D eigenvalue weighted by atomic mass is 16.7. The van der Waals surface area contributed by atoms with Crippen LogP contribution < -0.4 is 10.2 Å². The van der Waals surface area contributed by atoms with E-state index in [4.69, 9.17) is 28.8 Å². The summed E-state index contributed by atoms with van der Waals surface area (Å²) in [6.45, 7) is 4.51. The van der Waals surface area contributed by atoms with E-state index < -0.39 is 54.9 Å². The Hall–Kier alpha value is -3.90. The van der Waals surface area contributed by atoms with Gasteiger partial charge < -0.3 is 64.3 Å². The van der Waals surface area contributed by atoms with Crippen LogP contribution in [0.3, 0.4) is 0 Å². The zero-order valence-electron chi connectivity index (χ0n) is 33.2. The molecular weight excluding hydrogens is 750 g/mol. The first-order valence-corrected chi connectivity index (χ1v) is 20.4. The Labute approximate surface area is 340 Å². The molecule has 2 amide bonds. The molecule has 4 aliphatic heterocycles. The number of aliphatic hydroxyl groups excluding tert-OH is 5. The van der Waals surface area contributed by atoms with Gasteiger partial charge in [0, 0.05) is 76.8 Å². The molecule has 4 aliphatic rings. The molecule has 15 heteroatoms. The van der Waals surface area contributed by atoms with Gasteiger partial charge in [0.25, 0.3) is 0 Å². The molecule has 15 nitrogen and oxygen atoms in total. The lowest BCUT2D eigenvalue weighted by Gasteiger charge is -2.41. The molecule has 1 aromatic carbocycles. The monoisotopic (exact) mass is 811 g/mol. The van der Waals surface area contributed by atoms with Crippen LogP contribution in [0.5, 0.6) is 0 Å². The molecule has 6 N–H and O–H groups in total. The molecule has 4 saturated heterocycles. The first-order valence-electron chi connectivity index (χ1n) is 20.4. The van der Waals surface area contributed by atoms with E-state index in [2.05, 4.69) is 22.3 Å². The lowest BCUT2D eigenvalue weighted by Crippen LogP contribution is -2.60. The summed E-state index contributed by atoms with van der Waals surface area (Å²) in [6, 6.07) is 9.13. The standard InChI is InChI=1S/C43H61N3O12/c1-30(56-40(52)17-16-37-38(58-37)27-32(48)18-24-47)12-8-5-3-2-4-6-11-15-34(57-42-36(51)26-33(49)29-55-42)28-39-41(35(50)19-25-54-39)44-43(53)46-22-20-45(21-23-46)31-13-9-7-10-14-31/h2-11,13-17,30,32-39,41-42,47-51H,12,18-29H2,1H3,(H,44,53)/b3-2+,6-4+,8-5+,15-11+,17-16+/t30?,32?,33?,34?,35-,36-,37+,38?,39-,41?,42?/m0/s1. The lowest BCUT2D eigenvalue weighted by molar-refractivity contribution is -0.250.